The molecule has 4 rings (SSSR count). The molecule has 182 valence electrons. The lowest BCUT2D eigenvalue weighted by Crippen LogP contribution is -2.37. The molecule has 1 fully saturated rings. The number of anilines is 1. The molecule has 0 aliphatic carbocycles. The maximum Gasteiger partial charge on any atom is 0.462 e. The highest BCUT2D eigenvalue weighted by Crippen LogP contribution is 2.55. The van der Waals surface area contributed by atoms with Crippen molar-refractivity contribution in [1.29, 1.82) is 0 Å². The van der Waals surface area contributed by atoms with Gasteiger partial charge in [-0.2, -0.15) is 4.67 Å². The summed E-state index contributed by atoms with van der Waals surface area (Å²) in [5, 5.41) is 19.2. The van der Waals surface area contributed by atoms with Crippen molar-refractivity contribution in [1.82, 2.24) is 24.2 Å². The summed E-state index contributed by atoms with van der Waals surface area (Å²) in [6.07, 6.45) is 0.401. The van der Waals surface area contributed by atoms with Crippen LogP contribution in [0, 0.1) is 0 Å². The Kier molecular flexibility index (Phi) is 6.82. The zero-order valence-corrected chi connectivity index (χ0v) is 19.4. The van der Waals surface area contributed by atoms with Crippen LogP contribution in [0.5, 0.6) is 5.75 Å². The standard InChI is InChI=1S/C20H25N6O7P/c1-12(20(28)29)25(2)34(30,32-13-6-4-3-5-7-13)33-15-8-14(9-27)31-19(15)26-11-24-16-17(21)22-10-23-18(16)26/h3-7,10-12,14-15,19,27H,8-9H2,1-2H3,(H,28,29)(H2,21,22,23)/t12-,14?,15?,19?,34?/m0/s1. The molecule has 0 radical (unpaired) electrons. The van der Waals surface area contributed by atoms with Gasteiger partial charge in [-0.15, -0.1) is 0 Å². The summed E-state index contributed by atoms with van der Waals surface area (Å²) >= 11 is 0. The van der Waals surface area contributed by atoms with Gasteiger partial charge in [-0.25, -0.2) is 19.5 Å². The molecule has 1 aliphatic rings. The van der Waals surface area contributed by atoms with E-state index in [1.165, 1.54) is 26.6 Å². The van der Waals surface area contributed by atoms with Gasteiger partial charge in [-0.05, 0) is 26.1 Å². The number of hydrogen-bond donors (Lipinski definition) is 3. The molecule has 0 amide bonds. The Morgan fingerprint density at radius 1 is 1.35 bits per heavy atom. The van der Waals surface area contributed by atoms with Crippen molar-refractivity contribution in [2.24, 2.45) is 0 Å². The smallest absolute Gasteiger partial charge is 0.462 e. The molecule has 4 unspecified atom stereocenters. The van der Waals surface area contributed by atoms with E-state index in [-0.39, 0.29) is 24.6 Å². The third kappa shape index (κ3) is 4.61. The van der Waals surface area contributed by atoms with Gasteiger partial charge in [0.2, 0.25) is 0 Å². The molecule has 1 saturated heterocycles. The minimum Gasteiger partial charge on any atom is -0.480 e. The maximum absolute atomic E-state index is 14.0. The number of aliphatic hydroxyl groups excluding tert-OH is 1. The number of rotatable bonds is 9. The number of para-hydroxylation sites is 1. The number of carboxylic acid groups (broad SMARTS) is 1. The Hall–Kier alpha value is -3.09. The molecule has 14 heteroatoms. The fourth-order valence-corrected chi connectivity index (χ4v) is 5.31. The summed E-state index contributed by atoms with van der Waals surface area (Å²) in [6.45, 7) is 1.06. The van der Waals surface area contributed by atoms with Crippen LogP contribution in [-0.2, 0) is 18.6 Å². The van der Waals surface area contributed by atoms with E-state index in [2.05, 4.69) is 15.0 Å². The molecule has 3 heterocycles. The minimum atomic E-state index is -4.24. The normalized spacial score (nSPS) is 23.1. The average molecular weight is 492 g/mol. The molecule has 13 nitrogen and oxygen atoms in total. The molecular formula is C20H25N6O7P. The highest BCUT2D eigenvalue weighted by atomic mass is 31.2. The first-order chi connectivity index (χ1) is 16.2. The summed E-state index contributed by atoms with van der Waals surface area (Å²) < 4.78 is 34.3. The zero-order chi connectivity index (χ0) is 24.5. The van der Waals surface area contributed by atoms with E-state index in [1.54, 1.807) is 34.9 Å². The molecule has 1 aromatic carbocycles. The SMILES string of the molecule is C[C@@H](C(=O)O)N(C)P(=O)(Oc1ccccc1)OC1CC(CO)OC1n1cnc2c(N)ncnc21. The van der Waals surface area contributed by atoms with E-state index in [9.17, 15) is 19.6 Å². The van der Waals surface area contributed by atoms with Gasteiger partial charge in [-0.1, -0.05) is 18.2 Å². The van der Waals surface area contributed by atoms with Crippen molar-refractivity contribution < 1.29 is 33.4 Å². The quantitative estimate of drug-likeness (QED) is 0.369. The highest BCUT2D eigenvalue weighted by Gasteiger charge is 2.47. The number of carbonyl (C=O) groups is 1. The summed E-state index contributed by atoms with van der Waals surface area (Å²) in [7, 11) is -2.89. The van der Waals surface area contributed by atoms with Crippen LogP contribution >= 0.6 is 7.75 Å². The first-order valence-corrected chi connectivity index (χ1v) is 11.9. The summed E-state index contributed by atoms with van der Waals surface area (Å²) in [6, 6.07) is 7.10. The molecule has 34 heavy (non-hydrogen) atoms. The molecule has 2 aromatic heterocycles. The Morgan fingerprint density at radius 3 is 2.76 bits per heavy atom. The summed E-state index contributed by atoms with van der Waals surface area (Å²) in [5.74, 6) is -0.799. The van der Waals surface area contributed by atoms with Crippen molar-refractivity contribution in [2.75, 3.05) is 19.4 Å². The Balaban J connectivity index is 1.71. The van der Waals surface area contributed by atoms with Gasteiger partial charge in [0.15, 0.2) is 17.7 Å². The van der Waals surface area contributed by atoms with Crippen molar-refractivity contribution in [2.45, 2.75) is 37.8 Å². The number of aliphatic hydroxyl groups is 1. The predicted octanol–water partition coefficient (Wildman–Crippen LogP) is 1.67. The summed E-state index contributed by atoms with van der Waals surface area (Å²) in [4.78, 5) is 24.0. The van der Waals surface area contributed by atoms with E-state index in [0.29, 0.717) is 11.2 Å². The third-order valence-corrected chi connectivity index (χ3v) is 7.64. The van der Waals surface area contributed by atoms with Gasteiger partial charge < -0.3 is 25.2 Å². The molecule has 5 atom stereocenters. The highest BCUT2D eigenvalue weighted by molar-refractivity contribution is 7.51. The Morgan fingerprint density at radius 2 is 2.09 bits per heavy atom. The van der Waals surface area contributed by atoms with Crippen LogP contribution in [0.4, 0.5) is 5.82 Å². The van der Waals surface area contributed by atoms with Crippen molar-refractivity contribution in [3.63, 3.8) is 0 Å². The number of nitrogen functional groups attached to an aromatic ring is 1. The second-order valence-electron chi connectivity index (χ2n) is 7.75. The fourth-order valence-electron chi connectivity index (χ4n) is 3.55. The summed E-state index contributed by atoms with van der Waals surface area (Å²) in [5.41, 5.74) is 6.58. The lowest BCUT2D eigenvalue weighted by atomic mass is 10.2. The Labute approximate surface area is 194 Å². The monoisotopic (exact) mass is 492 g/mol. The molecular weight excluding hydrogens is 467 g/mol. The van der Waals surface area contributed by atoms with E-state index < -0.39 is 38.2 Å². The van der Waals surface area contributed by atoms with Crippen molar-refractivity contribution in [3.8, 4) is 5.75 Å². The molecule has 3 aromatic rings. The van der Waals surface area contributed by atoms with Crippen LogP contribution in [0.2, 0.25) is 0 Å². The van der Waals surface area contributed by atoms with Gasteiger partial charge in [-0.3, -0.25) is 13.9 Å². The average Bonchev–Trinajstić information content (AvgIpc) is 3.43. The van der Waals surface area contributed by atoms with Crippen molar-refractivity contribution >= 4 is 30.7 Å². The van der Waals surface area contributed by atoms with Gasteiger partial charge in [0.1, 0.15) is 29.7 Å². The van der Waals surface area contributed by atoms with E-state index >= 15 is 0 Å². The first kappa shape index (κ1) is 24.0. The number of fused-ring (bicyclic) bond motifs is 1. The predicted molar refractivity (Wildman–Crippen MR) is 120 cm³/mol. The molecule has 1 aliphatic heterocycles. The maximum atomic E-state index is 14.0. The van der Waals surface area contributed by atoms with Gasteiger partial charge >= 0.3 is 13.7 Å². The van der Waals surface area contributed by atoms with Crippen LogP contribution in [0.3, 0.4) is 0 Å². The number of ether oxygens (including phenoxy) is 1. The van der Waals surface area contributed by atoms with Crippen LogP contribution in [0.15, 0.2) is 43.0 Å². The van der Waals surface area contributed by atoms with Crippen molar-refractivity contribution in [3.05, 3.63) is 43.0 Å². The lowest BCUT2D eigenvalue weighted by Gasteiger charge is -2.32. The fraction of sp³-hybridized carbons (Fsp3) is 0.400. The topological polar surface area (TPSA) is 175 Å². The third-order valence-electron chi connectivity index (χ3n) is 5.55. The number of nitrogens with zero attached hydrogens (tertiary/aromatic N) is 5. The number of benzene rings is 1. The first-order valence-electron chi connectivity index (χ1n) is 10.4. The lowest BCUT2D eigenvalue weighted by molar-refractivity contribution is -0.141. The van der Waals surface area contributed by atoms with E-state index in [4.69, 9.17) is 19.5 Å². The van der Waals surface area contributed by atoms with E-state index in [0.717, 1.165) is 4.67 Å². The van der Waals surface area contributed by atoms with Gasteiger partial charge in [0, 0.05) is 6.42 Å². The van der Waals surface area contributed by atoms with Gasteiger partial charge in [0.25, 0.3) is 0 Å². The minimum absolute atomic E-state index is 0.152. The van der Waals surface area contributed by atoms with E-state index in [1.807, 2.05) is 0 Å². The van der Waals surface area contributed by atoms with Crippen LogP contribution < -0.4 is 10.3 Å². The number of imidazole rings is 1. The van der Waals surface area contributed by atoms with Gasteiger partial charge in [0.05, 0.1) is 19.0 Å². The van der Waals surface area contributed by atoms with Crippen LogP contribution in [0.25, 0.3) is 11.2 Å². The number of likely N-dealkylation sites (N-methyl/N-ethyl adjacent to an activating group) is 1. The number of nitrogens with two attached hydrogens (primary N) is 1. The number of carboxylic acids is 1. The largest absolute Gasteiger partial charge is 0.480 e. The van der Waals surface area contributed by atoms with Crippen LogP contribution in [-0.4, -0.2) is 72.3 Å². The molecule has 0 bridgehead atoms. The second-order valence-corrected chi connectivity index (χ2v) is 9.72. The molecule has 0 spiro atoms. The second kappa shape index (κ2) is 9.65. The Bertz CT molecular complexity index is 1210. The molecule has 4 N–H and O–H groups in total. The van der Waals surface area contributed by atoms with Crippen LogP contribution in [0.1, 0.15) is 19.6 Å². The number of hydrogen-bond acceptors (Lipinski definition) is 10. The number of aromatic nitrogens is 4. The molecule has 0 saturated carbocycles. The zero-order valence-electron chi connectivity index (χ0n) is 18.5. The number of aliphatic carboxylic acids is 1.